The summed E-state index contributed by atoms with van der Waals surface area (Å²) < 4.78 is 5.24. The summed E-state index contributed by atoms with van der Waals surface area (Å²) in [7, 11) is -0.697. The lowest BCUT2D eigenvalue weighted by Crippen LogP contribution is -2.56. The van der Waals surface area contributed by atoms with Crippen LogP contribution in [0.25, 0.3) is 0 Å². The van der Waals surface area contributed by atoms with Gasteiger partial charge in [-0.15, -0.1) is 0 Å². The van der Waals surface area contributed by atoms with E-state index in [-0.39, 0.29) is 12.5 Å². The summed E-state index contributed by atoms with van der Waals surface area (Å²) in [6.45, 7) is 1.96. The Bertz CT molecular complexity index is 250. The van der Waals surface area contributed by atoms with Crippen LogP contribution < -0.4 is 11.5 Å². The molecule has 0 saturated carbocycles. The molecule has 6 nitrogen and oxygen atoms in total. The lowest BCUT2D eigenvalue weighted by molar-refractivity contribution is -0.132. The van der Waals surface area contributed by atoms with E-state index >= 15 is 0 Å². The number of aliphatic hydroxyl groups excluding tert-OH is 3. The van der Waals surface area contributed by atoms with Crippen LogP contribution in [0.15, 0.2) is 0 Å². The molecule has 0 aliphatic carbocycles. The molecule has 0 saturated heterocycles. The quantitative estimate of drug-likeness (QED) is 0.336. The highest BCUT2D eigenvalue weighted by Gasteiger charge is 2.31. The zero-order valence-electron chi connectivity index (χ0n) is 12.3. The fourth-order valence-electron chi connectivity index (χ4n) is 1.41. The zero-order valence-corrected chi connectivity index (χ0v) is 13.1. The second kappa shape index (κ2) is 8.41. The normalized spacial score (nSPS) is 21.5. The maximum absolute atomic E-state index is 9.92. The molecule has 0 fully saturated rings. The van der Waals surface area contributed by atoms with Gasteiger partial charge >= 0.3 is 0 Å². The Morgan fingerprint density at radius 3 is 2.05 bits per heavy atom. The summed E-state index contributed by atoms with van der Waals surface area (Å²) >= 11 is 0. The number of hydrogen-bond acceptors (Lipinski definition) is 6. The van der Waals surface area contributed by atoms with Gasteiger partial charge in [-0.1, -0.05) is 6.92 Å². The molecule has 0 amide bonds. The van der Waals surface area contributed by atoms with Crippen LogP contribution in [0, 0.1) is 5.92 Å². The Hall–Kier alpha value is 0.110. The molecule has 0 bridgehead atoms. The Balaban J connectivity index is 4.21. The third kappa shape index (κ3) is 7.45. The van der Waals surface area contributed by atoms with E-state index in [4.69, 9.17) is 21.3 Å². The van der Waals surface area contributed by atoms with Gasteiger partial charge in [0.2, 0.25) is 0 Å². The van der Waals surface area contributed by atoms with Gasteiger partial charge < -0.3 is 31.5 Å². The average Bonchev–Trinajstić information content (AvgIpc) is 2.33. The second-order valence-corrected chi connectivity index (χ2v) is 10.5. The molecule has 0 aliphatic heterocycles. The van der Waals surface area contributed by atoms with Crippen LogP contribution in [0.4, 0.5) is 0 Å². The minimum absolute atomic E-state index is 0.144. The zero-order chi connectivity index (χ0) is 15.2. The van der Waals surface area contributed by atoms with Gasteiger partial charge in [0.05, 0.1) is 18.8 Å². The summed E-state index contributed by atoms with van der Waals surface area (Å²) in [5.41, 5.74) is 11.5. The highest BCUT2D eigenvalue weighted by Crippen LogP contribution is 2.33. The Morgan fingerprint density at radius 1 is 1.11 bits per heavy atom. The highest BCUT2D eigenvalue weighted by molar-refractivity contribution is 8.32. The average molecular weight is 298 g/mol. The molecule has 5 unspecified atom stereocenters. The number of ether oxygens (including phenoxy) is 1. The van der Waals surface area contributed by atoms with Crippen molar-refractivity contribution >= 4 is 10.0 Å². The van der Waals surface area contributed by atoms with Crippen molar-refractivity contribution in [1.82, 2.24) is 0 Å². The molecule has 5 atom stereocenters. The van der Waals surface area contributed by atoms with Crippen molar-refractivity contribution in [2.45, 2.75) is 31.4 Å². The Labute approximate surface area is 117 Å². The van der Waals surface area contributed by atoms with E-state index in [1.54, 1.807) is 6.92 Å². The topological polar surface area (TPSA) is 122 Å². The van der Waals surface area contributed by atoms with Crippen LogP contribution >= 0.6 is 10.0 Å². The first kappa shape index (κ1) is 19.1. The summed E-state index contributed by atoms with van der Waals surface area (Å²) in [5.74, 6) is 0.554. The molecule has 0 radical (unpaired) electrons. The smallest absolute Gasteiger partial charge is 0.172 e. The first-order chi connectivity index (χ1) is 8.60. The molecule has 0 aromatic rings. The molecular weight excluding hydrogens is 268 g/mol. The van der Waals surface area contributed by atoms with Crippen LogP contribution in [0.1, 0.15) is 6.92 Å². The standard InChI is InChI=1S/C12H30N2O4S/c1-8(7-15)9(13)11(16)10(14)12(17)18-5-6-19(2,3)4/h8-12,15-17H,5-7,13-14H2,1-4H3. The summed E-state index contributed by atoms with van der Waals surface area (Å²) in [6.07, 6.45) is 4.07. The Morgan fingerprint density at radius 2 is 1.63 bits per heavy atom. The third-order valence-corrected chi connectivity index (χ3v) is 4.44. The molecule has 0 aromatic carbocycles. The van der Waals surface area contributed by atoms with E-state index in [1.807, 2.05) is 0 Å². The van der Waals surface area contributed by atoms with E-state index < -0.39 is 34.5 Å². The monoisotopic (exact) mass is 298 g/mol. The van der Waals surface area contributed by atoms with E-state index in [0.717, 1.165) is 5.75 Å². The van der Waals surface area contributed by atoms with Crippen molar-refractivity contribution < 1.29 is 20.1 Å². The van der Waals surface area contributed by atoms with Gasteiger partial charge in [0.15, 0.2) is 6.29 Å². The Kier molecular flexibility index (Phi) is 8.46. The lowest BCUT2D eigenvalue weighted by Gasteiger charge is -2.31. The van der Waals surface area contributed by atoms with Crippen molar-refractivity contribution in [1.29, 1.82) is 0 Å². The lowest BCUT2D eigenvalue weighted by atomic mass is 9.94. The summed E-state index contributed by atoms with van der Waals surface area (Å²) in [6, 6.07) is -1.69. The van der Waals surface area contributed by atoms with E-state index in [9.17, 15) is 10.2 Å². The predicted molar refractivity (Wildman–Crippen MR) is 80.4 cm³/mol. The van der Waals surface area contributed by atoms with Gasteiger partial charge in [-0.05, 0) is 24.7 Å². The minimum Gasteiger partial charge on any atom is -0.396 e. The van der Waals surface area contributed by atoms with Gasteiger partial charge in [-0.2, -0.15) is 0 Å². The molecule has 7 heteroatoms. The minimum atomic E-state index is -1.26. The van der Waals surface area contributed by atoms with E-state index in [0.29, 0.717) is 6.61 Å². The van der Waals surface area contributed by atoms with E-state index in [1.165, 1.54) is 0 Å². The van der Waals surface area contributed by atoms with Crippen molar-refractivity contribution in [3.8, 4) is 0 Å². The fourth-order valence-corrected chi connectivity index (χ4v) is 2.01. The van der Waals surface area contributed by atoms with Crippen molar-refractivity contribution in [2.24, 2.45) is 17.4 Å². The summed E-state index contributed by atoms with van der Waals surface area (Å²) in [4.78, 5) is 0. The molecule has 0 heterocycles. The molecule has 0 rings (SSSR count). The van der Waals surface area contributed by atoms with Gasteiger partial charge in [0.25, 0.3) is 0 Å². The van der Waals surface area contributed by atoms with E-state index in [2.05, 4.69) is 18.8 Å². The third-order valence-electron chi connectivity index (χ3n) is 3.05. The molecule has 7 N–H and O–H groups in total. The number of aliphatic hydroxyl groups is 3. The second-order valence-electron chi connectivity index (χ2n) is 5.86. The maximum atomic E-state index is 9.92. The predicted octanol–water partition coefficient (Wildman–Crippen LogP) is -1.34. The largest absolute Gasteiger partial charge is 0.396 e. The van der Waals surface area contributed by atoms with Gasteiger partial charge in [0, 0.05) is 18.4 Å². The SMILES string of the molecule is CC(CO)C(N)C(O)C(N)C(O)OCCS(C)(C)C. The molecule has 118 valence electrons. The first-order valence-electron chi connectivity index (χ1n) is 6.36. The molecule has 0 aliphatic rings. The molecule has 19 heavy (non-hydrogen) atoms. The first-order valence-corrected chi connectivity index (χ1v) is 9.38. The van der Waals surface area contributed by atoms with Crippen LogP contribution in [0.5, 0.6) is 0 Å². The molecular formula is C12H30N2O4S. The van der Waals surface area contributed by atoms with Crippen molar-refractivity contribution in [2.75, 3.05) is 37.7 Å². The summed E-state index contributed by atoms with van der Waals surface area (Å²) in [5, 5.41) is 28.7. The fraction of sp³-hybridized carbons (Fsp3) is 1.00. The van der Waals surface area contributed by atoms with Crippen LogP contribution in [-0.2, 0) is 4.74 Å². The van der Waals surface area contributed by atoms with Crippen LogP contribution in [0.2, 0.25) is 0 Å². The van der Waals surface area contributed by atoms with Crippen molar-refractivity contribution in [3.05, 3.63) is 0 Å². The number of rotatable bonds is 9. The van der Waals surface area contributed by atoms with Crippen molar-refractivity contribution in [3.63, 3.8) is 0 Å². The maximum Gasteiger partial charge on any atom is 0.172 e. The van der Waals surface area contributed by atoms with Gasteiger partial charge in [-0.3, -0.25) is 0 Å². The number of nitrogens with two attached hydrogens (primary N) is 2. The molecule has 0 aromatic heterocycles. The molecule has 0 spiro atoms. The van der Waals surface area contributed by atoms with Gasteiger partial charge in [0.1, 0.15) is 0 Å². The van der Waals surface area contributed by atoms with Gasteiger partial charge in [-0.25, -0.2) is 10.0 Å². The number of hydrogen-bond donors (Lipinski definition) is 5. The van der Waals surface area contributed by atoms with Crippen LogP contribution in [0.3, 0.4) is 0 Å². The van der Waals surface area contributed by atoms with Crippen LogP contribution in [-0.4, -0.2) is 77.5 Å². The highest BCUT2D eigenvalue weighted by atomic mass is 32.3.